The Morgan fingerprint density at radius 3 is 2.58 bits per heavy atom. The standard InChI is InChI=1S/C25H22N4OS/c1-13(2)25-28-20-12-30-23-18(22(20)29-25)9-8-17-10-21(31-24(17)23)16-6-4-15(5-7-16)19-11-26-14(3)27-19/h4-11,13H,12H2,1-3H3,(H,26,27)(H,28,29). The van der Waals surface area contributed by atoms with Crippen molar-refractivity contribution in [3.8, 4) is 38.7 Å². The lowest BCUT2D eigenvalue weighted by molar-refractivity contribution is 0.302. The van der Waals surface area contributed by atoms with Gasteiger partial charge in [-0.2, -0.15) is 0 Å². The fourth-order valence-electron chi connectivity index (χ4n) is 4.11. The zero-order valence-electron chi connectivity index (χ0n) is 17.6. The van der Waals surface area contributed by atoms with Crippen LogP contribution < -0.4 is 4.74 Å². The Morgan fingerprint density at radius 1 is 1.03 bits per heavy atom. The van der Waals surface area contributed by atoms with Crippen LogP contribution in [0.5, 0.6) is 5.75 Å². The molecule has 2 aromatic carbocycles. The molecule has 1 aliphatic heterocycles. The summed E-state index contributed by atoms with van der Waals surface area (Å²) in [5, 5.41) is 1.20. The van der Waals surface area contributed by atoms with Gasteiger partial charge < -0.3 is 14.7 Å². The molecule has 6 heteroatoms. The maximum atomic E-state index is 6.21. The van der Waals surface area contributed by atoms with E-state index in [0.717, 1.165) is 45.6 Å². The first-order valence-electron chi connectivity index (χ1n) is 10.5. The number of aromatic amines is 2. The predicted octanol–water partition coefficient (Wildman–Crippen LogP) is 6.67. The van der Waals surface area contributed by atoms with E-state index < -0.39 is 0 Å². The highest BCUT2D eigenvalue weighted by Crippen LogP contribution is 2.46. The molecule has 5 aromatic rings. The van der Waals surface area contributed by atoms with Crippen LogP contribution in [-0.2, 0) is 6.61 Å². The van der Waals surface area contributed by atoms with Crippen molar-refractivity contribution in [2.45, 2.75) is 33.3 Å². The van der Waals surface area contributed by atoms with E-state index in [9.17, 15) is 0 Å². The Labute approximate surface area is 184 Å². The van der Waals surface area contributed by atoms with Crippen LogP contribution in [-0.4, -0.2) is 19.9 Å². The van der Waals surface area contributed by atoms with E-state index in [2.05, 4.69) is 71.3 Å². The van der Waals surface area contributed by atoms with Gasteiger partial charge in [-0.05, 0) is 35.6 Å². The number of rotatable bonds is 3. The van der Waals surface area contributed by atoms with Crippen molar-refractivity contribution in [2.24, 2.45) is 0 Å². The summed E-state index contributed by atoms with van der Waals surface area (Å²) in [7, 11) is 0. The smallest absolute Gasteiger partial charge is 0.147 e. The number of imidazole rings is 2. The summed E-state index contributed by atoms with van der Waals surface area (Å²) in [4.78, 5) is 17.1. The van der Waals surface area contributed by atoms with Crippen LogP contribution in [0.25, 0.3) is 43.0 Å². The highest BCUT2D eigenvalue weighted by molar-refractivity contribution is 7.22. The molecule has 5 nitrogen and oxygen atoms in total. The summed E-state index contributed by atoms with van der Waals surface area (Å²) in [6.07, 6.45) is 1.88. The zero-order chi connectivity index (χ0) is 21.1. The lowest BCUT2D eigenvalue weighted by Crippen LogP contribution is -2.05. The lowest BCUT2D eigenvalue weighted by atomic mass is 10.0. The number of hydrogen-bond acceptors (Lipinski definition) is 4. The molecule has 0 atom stereocenters. The number of nitrogens with one attached hydrogen (secondary N) is 2. The van der Waals surface area contributed by atoms with Crippen LogP contribution in [0, 0.1) is 6.92 Å². The van der Waals surface area contributed by atoms with E-state index in [4.69, 9.17) is 9.72 Å². The van der Waals surface area contributed by atoms with Crippen molar-refractivity contribution in [2.75, 3.05) is 0 Å². The largest absolute Gasteiger partial charge is 0.485 e. The summed E-state index contributed by atoms with van der Waals surface area (Å²) in [5.74, 6) is 3.25. The highest BCUT2D eigenvalue weighted by atomic mass is 32.1. The van der Waals surface area contributed by atoms with E-state index in [-0.39, 0.29) is 0 Å². The van der Waals surface area contributed by atoms with Gasteiger partial charge in [-0.15, -0.1) is 11.3 Å². The molecule has 0 spiro atoms. The Hall–Kier alpha value is -3.38. The van der Waals surface area contributed by atoms with Gasteiger partial charge in [0.1, 0.15) is 24.0 Å². The molecule has 2 N–H and O–H groups in total. The van der Waals surface area contributed by atoms with Gasteiger partial charge in [-0.3, -0.25) is 0 Å². The van der Waals surface area contributed by atoms with E-state index in [1.807, 2.05) is 13.1 Å². The number of ether oxygens (including phenoxy) is 1. The van der Waals surface area contributed by atoms with Crippen LogP contribution in [0.3, 0.4) is 0 Å². The van der Waals surface area contributed by atoms with Crippen LogP contribution in [0.4, 0.5) is 0 Å². The number of aryl methyl sites for hydroxylation is 1. The quantitative estimate of drug-likeness (QED) is 0.338. The van der Waals surface area contributed by atoms with Gasteiger partial charge >= 0.3 is 0 Å². The summed E-state index contributed by atoms with van der Waals surface area (Å²) < 4.78 is 7.39. The van der Waals surface area contributed by atoms with Gasteiger partial charge in [-0.25, -0.2) is 9.97 Å². The second kappa shape index (κ2) is 6.82. The first-order chi connectivity index (χ1) is 15.1. The molecule has 0 amide bonds. The third-order valence-electron chi connectivity index (χ3n) is 5.78. The highest BCUT2D eigenvalue weighted by Gasteiger charge is 2.25. The minimum atomic E-state index is 0.361. The number of nitrogens with zero attached hydrogens (tertiary/aromatic N) is 2. The predicted molar refractivity (Wildman–Crippen MR) is 126 cm³/mol. The maximum Gasteiger partial charge on any atom is 0.147 e. The Bertz CT molecular complexity index is 1420. The summed E-state index contributed by atoms with van der Waals surface area (Å²) in [5.41, 5.74) is 6.55. The molecule has 1 aliphatic rings. The molecule has 0 radical (unpaired) electrons. The summed E-state index contributed by atoms with van der Waals surface area (Å²) in [6, 6.07) is 15.2. The maximum absolute atomic E-state index is 6.21. The molecule has 0 fully saturated rings. The molecule has 154 valence electrons. The average molecular weight is 427 g/mol. The van der Waals surface area contributed by atoms with Crippen molar-refractivity contribution in [1.29, 1.82) is 0 Å². The number of fused-ring (bicyclic) bond motifs is 5. The number of H-pyrrole nitrogens is 2. The second-order valence-corrected chi connectivity index (χ2v) is 9.38. The Balaban J connectivity index is 1.40. The third kappa shape index (κ3) is 2.98. The number of benzene rings is 2. The molecule has 6 rings (SSSR count). The molecule has 0 saturated heterocycles. The lowest BCUT2D eigenvalue weighted by Gasteiger charge is -2.17. The van der Waals surface area contributed by atoms with Crippen LogP contribution in [0.2, 0.25) is 0 Å². The topological polar surface area (TPSA) is 66.6 Å². The SMILES string of the molecule is Cc1ncc(-c2ccc(-c3cc4ccc5c(c4s3)OCc3[nH]c(C(C)C)nc3-5)cc2)[nH]1. The molecule has 0 aliphatic carbocycles. The average Bonchev–Trinajstić information content (AvgIpc) is 3.50. The fraction of sp³-hybridized carbons (Fsp3) is 0.200. The molecule has 0 unspecified atom stereocenters. The molecular formula is C25H22N4OS. The monoisotopic (exact) mass is 426 g/mol. The first-order valence-corrected chi connectivity index (χ1v) is 11.3. The first kappa shape index (κ1) is 18.4. The van der Waals surface area contributed by atoms with Gasteiger partial charge in [0.15, 0.2) is 0 Å². The van der Waals surface area contributed by atoms with Crippen molar-refractivity contribution in [3.05, 3.63) is 66.0 Å². The normalized spacial score (nSPS) is 12.8. The second-order valence-electron chi connectivity index (χ2n) is 8.32. The molecule has 3 aromatic heterocycles. The van der Waals surface area contributed by atoms with E-state index >= 15 is 0 Å². The van der Waals surface area contributed by atoms with Crippen molar-refractivity contribution < 1.29 is 4.74 Å². The summed E-state index contributed by atoms with van der Waals surface area (Å²) >= 11 is 1.78. The number of thiophene rings is 1. The summed E-state index contributed by atoms with van der Waals surface area (Å²) in [6.45, 7) is 6.80. The number of hydrogen-bond donors (Lipinski definition) is 2. The Morgan fingerprint density at radius 2 is 1.84 bits per heavy atom. The van der Waals surface area contributed by atoms with Gasteiger partial charge in [0, 0.05) is 16.4 Å². The van der Waals surface area contributed by atoms with E-state index in [0.29, 0.717) is 12.5 Å². The molecule has 31 heavy (non-hydrogen) atoms. The molecule has 0 bridgehead atoms. The molecular weight excluding hydrogens is 404 g/mol. The number of aromatic nitrogens is 4. The van der Waals surface area contributed by atoms with Crippen molar-refractivity contribution in [3.63, 3.8) is 0 Å². The van der Waals surface area contributed by atoms with Crippen LogP contribution in [0.1, 0.15) is 37.1 Å². The van der Waals surface area contributed by atoms with Crippen molar-refractivity contribution in [1.82, 2.24) is 19.9 Å². The zero-order valence-corrected chi connectivity index (χ0v) is 18.4. The molecule has 0 saturated carbocycles. The Kier molecular flexibility index (Phi) is 4.05. The molecule has 4 heterocycles. The van der Waals surface area contributed by atoms with Crippen LogP contribution in [0.15, 0.2) is 48.7 Å². The van der Waals surface area contributed by atoms with Gasteiger partial charge in [-0.1, -0.05) is 44.2 Å². The van der Waals surface area contributed by atoms with E-state index in [1.165, 1.54) is 20.5 Å². The van der Waals surface area contributed by atoms with Crippen LogP contribution >= 0.6 is 11.3 Å². The minimum Gasteiger partial charge on any atom is -0.485 e. The minimum absolute atomic E-state index is 0.361. The van der Waals surface area contributed by atoms with Gasteiger partial charge in [0.25, 0.3) is 0 Å². The third-order valence-corrected chi connectivity index (χ3v) is 6.98. The van der Waals surface area contributed by atoms with Gasteiger partial charge in [0.2, 0.25) is 0 Å². The van der Waals surface area contributed by atoms with Crippen molar-refractivity contribution >= 4 is 21.4 Å². The fourth-order valence-corrected chi connectivity index (χ4v) is 5.27. The van der Waals surface area contributed by atoms with Gasteiger partial charge in [0.05, 0.1) is 28.0 Å². The van der Waals surface area contributed by atoms with E-state index in [1.54, 1.807) is 11.3 Å².